The molecule has 1 aromatic rings. The largest absolute Gasteiger partial charge is 0.508 e. The van der Waals surface area contributed by atoms with Gasteiger partial charge in [-0.3, -0.25) is 4.79 Å². The van der Waals surface area contributed by atoms with Crippen LogP contribution in [-0.2, 0) is 4.79 Å². The lowest BCUT2D eigenvalue weighted by Crippen LogP contribution is -2.38. The van der Waals surface area contributed by atoms with E-state index in [1.54, 1.807) is 17.0 Å². The number of ether oxygens (including phenoxy) is 1. The first-order valence-corrected chi connectivity index (χ1v) is 4.48. The fourth-order valence-electron chi connectivity index (χ4n) is 1.54. The minimum Gasteiger partial charge on any atom is -0.508 e. The van der Waals surface area contributed by atoms with E-state index in [0.717, 1.165) is 0 Å². The van der Waals surface area contributed by atoms with Crippen LogP contribution in [0.1, 0.15) is 6.92 Å². The monoisotopic (exact) mass is 193 g/mol. The third-order valence-corrected chi connectivity index (χ3v) is 2.20. The van der Waals surface area contributed by atoms with Gasteiger partial charge in [-0.05, 0) is 19.1 Å². The predicted octanol–water partition coefficient (Wildman–Crippen LogP) is 1.14. The zero-order valence-corrected chi connectivity index (χ0v) is 7.86. The summed E-state index contributed by atoms with van der Waals surface area (Å²) >= 11 is 0. The first-order valence-electron chi connectivity index (χ1n) is 4.48. The van der Waals surface area contributed by atoms with Crippen molar-refractivity contribution >= 4 is 11.6 Å². The molecule has 0 fully saturated rings. The topological polar surface area (TPSA) is 49.8 Å². The van der Waals surface area contributed by atoms with E-state index in [-0.39, 0.29) is 18.3 Å². The van der Waals surface area contributed by atoms with Gasteiger partial charge in [0.25, 0.3) is 5.91 Å². The Morgan fingerprint density at radius 3 is 3.07 bits per heavy atom. The third kappa shape index (κ3) is 1.28. The molecule has 4 heteroatoms. The zero-order chi connectivity index (χ0) is 10.1. The van der Waals surface area contributed by atoms with Crippen molar-refractivity contribution in [3.05, 3.63) is 18.2 Å². The summed E-state index contributed by atoms with van der Waals surface area (Å²) in [7, 11) is 0. The molecule has 0 unspecified atom stereocenters. The molecule has 14 heavy (non-hydrogen) atoms. The molecule has 0 spiro atoms. The van der Waals surface area contributed by atoms with Crippen LogP contribution in [0.25, 0.3) is 0 Å². The van der Waals surface area contributed by atoms with Crippen LogP contribution in [-0.4, -0.2) is 24.2 Å². The number of fused-ring (bicyclic) bond motifs is 1. The number of rotatable bonds is 1. The molecule has 0 aromatic heterocycles. The van der Waals surface area contributed by atoms with Crippen molar-refractivity contribution in [3.63, 3.8) is 0 Å². The van der Waals surface area contributed by atoms with Gasteiger partial charge in [-0.15, -0.1) is 0 Å². The molecule has 1 aliphatic rings. The zero-order valence-electron chi connectivity index (χ0n) is 7.86. The van der Waals surface area contributed by atoms with Crippen molar-refractivity contribution in [2.45, 2.75) is 6.92 Å². The molecular weight excluding hydrogens is 182 g/mol. The molecule has 1 aliphatic heterocycles. The van der Waals surface area contributed by atoms with Crippen molar-refractivity contribution in [2.24, 2.45) is 0 Å². The molecule has 0 aliphatic carbocycles. The summed E-state index contributed by atoms with van der Waals surface area (Å²) in [6.07, 6.45) is 0. The highest BCUT2D eigenvalue weighted by Crippen LogP contribution is 2.34. The second-order valence-corrected chi connectivity index (χ2v) is 3.08. The lowest BCUT2D eigenvalue weighted by atomic mass is 10.2. The predicted molar refractivity (Wildman–Crippen MR) is 51.6 cm³/mol. The van der Waals surface area contributed by atoms with E-state index in [0.29, 0.717) is 18.0 Å². The summed E-state index contributed by atoms with van der Waals surface area (Å²) in [6.45, 7) is 2.54. The van der Waals surface area contributed by atoms with Crippen LogP contribution in [0.3, 0.4) is 0 Å². The van der Waals surface area contributed by atoms with Gasteiger partial charge >= 0.3 is 0 Å². The van der Waals surface area contributed by atoms with Crippen molar-refractivity contribution in [3.8, 4) is 11.5 Å². The van der Waals surface area contributed by atoms with Crippen molar-refractivity contribution in [1.29, 1.82) is 0 Å². The number of aromatic hydroxyl groups is 1. The highest BCUT2D eigenvalue weighted by Gasteiger charge is 2.24. The van der Waals surface area contributed by atoms with Gasteiger partial charge < -0.3 is 14.7 Å². The van der Waals surface area contributed by atoms with Crippen molar-refractivity contribution < 1.29 is 14.6 Å². The molecule has 1 amide bonds. The minimum absolute atomic E-state index is 0.0750. The normalized spacial score (nSPS) is 14.9. The molecule has 0 saturated heterocycles. The van der Waals surface area contributed by atoms with Gasteiger partial charge in [0, 0.05) is 12.6 Å². The Morgan fingerprint density at radius 1 is 1.57 bits per heavy atom. The molecule has 74 valence electrons. The van der Waals surface area contributed by atoms with Crippen molar-refractivity contribution in [1.82, 2.24) is 0 Å². The van der Waals surface area contributed by atoms with Crippen LogP contribution in [0.15, 0.2) is 18.2 Å². The fourth-order valence-corrected chi connectivity index (χ4v) is 1.54. The van der Waals surface area contributed by atoms with E-state index in [1.807, 2.05) is 6.92 Å². The smallest absolute Gasteiger partial charge is 0.265 e. The van der Waals surface area contributed by atoms with Crippen molar-refractivity contribution in [2.75, 3.05) is 18.1 Å². The van der Waals surface area contributed by atoms with Crippen LogP contribution < -0.4 is 9.64 Å². The highest BCUT2D eigenvalue weighted by molar-refractivity contribution is 5.97. The van der Waals surface area contributed by atoms with Crippen LogP contribution in [0, 0.1) is 0 Å². The number of nitrogens with zero attached hydrogens (tertiary/aromatic N) is 1. The number of amides is 1. The maximum Gasteiger partial charge on any atom is 0.265 e. The molecule has 0 atom stereocenters. The Labute approximate surface area is 81.7 Å². The van der Waals surface area contributed by atoms with E-state index in [9.17, 15) is 9.90 Å². The molecular formula is C10H11NO3. The standard InChI is InChI=1S/C10H11NO3/c1-2-11-8-5-7(12)3-4-9(8)14-6-10(11)13/h3-5,12H,2,6H2,1H3. The number of likely N-dealkylation sites (N-methyl/N-ethyl adjacent to an activating group) is 1. The summed E-state index contributed by atoms with van der Waals surface area (Å²) in [5, 5.41) is 9.29. The summed E-state index contributed by atoms with van der Waals surface area (Å²) in [6, 6.07) is 4.75. The second kappa shape index (κ2) is 3.21. The quantitative estimate of drug-likeness (QED) is 0.727. The van der Waals surface area contributed by atoms with Crippen LogP contribution in [0.4, 0.5) is 5.69 Å². The lowest BCUT2D eigenvalue weighted by Gasteiger charge is -2.28. The van der Waals surface area contributed by atoms with E-state index in [1.165, 1.54) is 6.07 Å². The Balaban J connectivity index is 2.49. The number of hydrogen-bond donors (Lipinski definition) is 1. The molecule has 1 heterocycles. The SMILES string of the molecule is CCN1C(=O)COc2ccc(O)cc21. The van der Waals surface area contributed by atoms with E-state index < -0.39 is 0 Å². The average molecular weight is 193 g/mol. The van der Waals surface area contributed by atoms with E-state index >= 15 is 0 Å². The summed E-state index contributed by atoms with van der Waals surface area (Å²) < 4.78 is 5.22. The number of phenolic OH excluding ortho intramolecular Hbond substituents is 1. The Morgan fingerprint density at radius 2 is 2.36 bits per heavy atom. The molecule has 1 aromatic carbocycles. The summed E-state index contributed by atoms with van der Waals surface area (Å²) in [5.74, 6) is 0.704. The number of hydrogen-bond acceptors (Lipinski definition) is 3. The average Bonchev–Trinajstić information content (AvgIpc) is 2.17. The maximum absolute atomic E-state index is 11.4. The Kier molecular flexibility index (Phi) is 2.04. The number of phenols is 1. The van der Waals surface area contributed by atoms with E-state index in [2.05, 4.69) is 0 Å². The number of anilines is 1. The van der Waals surface area contributed by atoms with Gasteiger partial charge in [0.05, 0.1) is 5.69 Å². The Bertz CT molecular complexity index is 376. The first-order chi connectivity index (χ1) is 6.72. The summed E-state index contributed by atoms with van der Waals surface area (Å²) in [5.41, 5.74) is 0.642. The Hall–Kier alpha value is -1.71. The van der Waals surface area contributed by atoms with Crippen LogP contribution >= 0.6 is 0 Å². The maximum atomic E-state index is 11.4. The van der Waals surface area contributed by atoms with Gasteiger partial charge in [-0.1, -0.05) is 0 Å². The van der Waals surface area contributed by atoms with Gasteiger partial charge in [-0.2, -0.15) is 0 Å². The second-order valence-electron chi connectivity index (χ2n) is 3.08. The number of benzene rings is 1. The first kappa shape index (κ1) is 8.87. The molecule has 0 bridgehead atoms. The minimum atomic E-state index is -0.0781. The number of carbonyl (C=O) groups excluding carboxylic acids is 1. The van der Waals surface area contributed by atoms with Gasteiger partial charge in [0.15, 0.2) is 6.61 Å². The summed E-state index contributed by atoms with van der Waals surface area (Å²) in [4.78, 5) is 13.0. The molecule has 2 rings (SSSR count). The highest BCUT2D eigenvalue weighted by atomic mass is 16.5. The fraction of sp³-hybridized carbons (Fsp3) is 0.300. The number of carbonyl (C=O) groups is 1. The van der Waals surface area contributed by atoms with Crippen LogP contribution in [0.5, 0.6) is 11.5 Å². The third-order valence-electron chi connectivity index (χ3n) is 2.20. The molecule has 1 N–H and O–H groups in total. The van der Waals surface area contributed by atoms with Gasteiger partial charge in [-0.25, -0.2) is 0 Å². The molecule has 0 radical (unpaired) electrons. The lowest BCUT2D eigenvalue weighted by molar-refractivity contribution is -0.121. The van der Waals surface area contributed by atoms with E-state index in [4.69, 9.17) is 4.74 Å². The van der Waals surface area contributed by atoms with Gasteiger partial charge in [0.2, 0.25) is 0 Å². The van der Waals surface area contributed by atoms with Gasteiger partial charge in [0.1, 0.15) is 11.5 Å². The van der Waals surface area contributed by atoms with Crippen LogP contribution in [0.2, 0.25) is 0 Å². The molecule has 4 nitrogen and oxygen atoms in total. The molecule has 0 saturated carbocycles.